The maximum Gasteiger partial charge on any atom is 0.337 e. The second kappa shape index (κ2) is 5.19. The molecule has 20 heavy (non-hydrogen) atoms. The molecule has 0 bridgehead atoms. The predicted molar refractivity (Wildman–Crippen MR) is 88.2 cm³/mol. The zero-order chi connectivity index (χ0) is 14.3. The molecular formula is C16H10Br2O2. The third-order valence-corrected chi connectivity index (χ3v) is 5.02. The van der Waals surface area contributed by atoms with E-state index >= 15 is 0 Å². The summed E-state index contributed by atoms with van der Waals surface area (Å²) in [5.41, 5.74) is 0.544. The van der Waals surface area contributed by atoms with Gasteiger partial charge in [0.15, 0.2) is 0 Å². The summed E-state index contributed by atoms with van der Waals surface area (Å²) in [4.78, 5) is 11.7. The minimum absolute atomic E-state index is 0.330. The molecular weight excluding hydrogens is 384 g/mol. The topological polar surface area (TPSA) is 26.3 Å². The molecule has 0 heterocycles. The number of fused-ring (bicyclic) bond motifs is 2. The summed E-state index contributed by atoms with van der Waals surface area (Å²) < 4.78 is 6.79. The smallest absolute Gasteiger partial charge is 0.337 e. The van der Waals surface area contributed by atoms with Gasteiger partial charge in [-0.15, -0.1) is 0 Å². The van der Waals surface area contributed by atoms with Gasteiger partial charge in [-0.05, 0) is 65.5 Å². The molecule has 3 aromatic rings. The van der Waals surface area contributed by atoms with Crippen LogP contribution in [0.25, 0.3) is 21.5 Å². The van der Waals surface area contributed by atoms with Crippen LogP contribution in [0.15, 0.2) is 51.4 Å². The van der Waals surface area contributed by atoms with Crippen molar-refractivity contribution in [1.29, 1.82) is 0 Å². The number of carbonyl (C=O) groups excluding carboxylic acids is 1. The number of ether oxygens (including phenoxy) is 1. The van der Waals surface area contributed by atoms with Gasteiger partial charge in [0.25, 0.3) is 0 Å². The molecule has 0 aliphatic rings. The maximum absolute atomic E-state index is 11.7. The number of methoxy groups -OCH3 is 1. The lowest BCUT2D eigenvalue weighted by molar-refractivity contribution is 0.0601. The molecule has 0 radical (unpaired) electrons. The Morgan fingerprint density at radius 1 is 0.900 bits per heavy atom. The fourth-order valence-electron chi connectivity index (χ4n) is 2.32. The average molecular weight is 394 g/mol. The molecule has 0 aliphatic heterocycles. The van der Waals surface area contributed by atoms with Gasteiger partial charge < -0.3 is 4.74 Å². The minimum atomic E-state index is -0.330. The van der Waals surface area contributed by atoms with Crippen molar-refractivity contribution in [3.05, 3.63) is 57.0 Å². The van der Waals surface area contributed by atoms with Crippen molar-refractivity contribution in [2.45, 2.75) is 0 Å². The van der Waals surface area contributed by atoms with Crippen LogP contribution < -0.4 is 0 Å². The van der Waals surface area contributed by atoms with E-state index in [1.54, 1.807) is 6.07 Å². The van der Waals surface area contributed by atoms with Crippen molar-refractivity contribution >= 4 is 59.4 Å². The SMILES string of the molecule is COC(=O)c1ccc2c(Br)c3ccccc3c(Br)c2c1. The first-order chi connectivity index (χ1) is 9.63. The summed E-state index contributed by atoms with van der Waals surface area (Å²) in [6.07, 6.45) is 0. The van der Waals surface area contributed by atoms with Crippen LogP contribution in [0.3, 0.4) is 0 Å². The van der Waals surface area contributed by atoms with Crippen molar-refractivity contribution in [3.63, 3.8) is 0 Å². The molecule has 2 nitrogen and oxygen atoms in total. The van der Waals surface area contributed by atoms with Gasteiger partial charge in [0.2, 0.25) is 0 Å². The summed E-state index contributed by atoms with van der Waals surface area (Å²) in [5, 5.41) is 4.29. The predicted octanol–water partition coefficient (Wildman–Crippen LogP) is 5.30. The van der Waals surface area contributed by atoms with E-state index < -0.39 is 0 Å². The molecule has 100 valence electrons. The van der Waals surface area contributed by atoms with Crippen LogP contribution in [0.2, 0.25) is 0 Å². The molecule has 0 N–H and O–H groups in total. The van der Waals surface area contributed by atoms with Gasteiger partial charge in [-0.3, -0.25) is 0 Å². The van der Waals surface area contributed by atoms with Gasteiger partial charge in [-0.2, -0.15) is 0 Å². The van der Waals surface area contributed by atoms with Crippen LogP contribution in [0.5, 0.6) is 0 Å². The van der Waals surface area contributed by atoms with Crippen LogP contribution in [0.1, 0.15) is 10.4 Å². The van der Waals surface area contributed by atoms with Crippen LogP contribution >= 0.6 is 31.9 Å². The molecule has 0 amide bonds. The van der Waals surface area contributed by atoms with Crippen molar-refractivity contribution in [1.82, 2.24) is 0 Å². The molecule has 0 fully saturated rings. The molecule has 0 spiro atoms. The Bertz CT molecular complexity index is 841. The normalized spacial score (nSPS) is 10.9. The summed E-state index contributed by atoms with van der Waals surface area (Å²) in [6.45, 7) is 0. The molecule has 0 unspecified atom stereocenters. The van der Waals surface area contributed by atoms with Gasteiger partial charge >= 0.3 is 5.97 Å². The first-order valence-electron chi connectivity index (χ1n) is 6.01. The van der Waals surface area contributed by atoms with Gasteiger partial charge in [0, 0.05) is 8.95 Å². The van der Waals surface area contributed by atoms with E-state index in [0.717, 1.165) is 30.5 Å². The largest absolute Gasteiger partial charge is 0.465 e. The Labute approximate surface area is 133 Å². The third-order valence-electron chi connectivity index (χ3n) is 3.31. The Hall–Kier alpha value is -1.39. The maximum atomic E-state index is 11.7. The highest BCUT2D eigenvalue weighted by atomic mass is 79.9. The first-order valence-corrected chi connectivity index (χ1v) is 7.60. The third kappa shape index (κ3) is 2.03. The Balaban J connectivity index is 2.44. The Kier molecular flexibility index (Phi) is 3.52. The summed E-state index contributed by atoms with van der Waals surface area (Å²) in [7, 11) is 1.39. The van der Waals surface area contributed by atoms with E-state index in [9.17, 15) is 4.79 Å². The van der Waals surface area contributed by atoms with E-state index in [-0.39, 0.29) is 5.97 Å². The number of benzene rings is 3. The fraction of sp³-hybridized carbons (Fsp3) is 0.0625. The molecule has 0 saturated heterocycles. The molecule has 3 rings (SSSR count). The fourth-order valence-corrected chi connectivity index (χ4v) is 3.68. The van der Waals surface area contributed by atoms with Crippen LogP contribution in [0, 0.1) is 0 Å². The number of halogens is 2. The lowest BCUT2D eigenvalue weighted by Crippen LogP contribution is -2.00. The highest BCUT2D eigenvalue weighted by Gasteiger charge is 2.13. The second-order valence-electron chi connectivity index (χ2n) is 4.43. The van der Waals surface area contributed by atoms with E-state index in [1.165, 1.54) is 7.11 Å². The summed E-state index contributed by atoms with van der Waals surface area (Å²) in [6, 6.07) is 13.7. The average Bonchev–Trinajstić information content (AvgIpc) is 2.51. The molecule has 0 aliphatic carbocycles. The lowest BCUT2D eigenvalue weighted by Gasteiger charge is -2.10. The molecule has 3 aromatic carbocycles. The number of rotatable bonds is 1. The van der Waals surface area contributed by atoms with Crippen LogP contribution in [-0.2, 0) is 4.74 Å². The molecule has 0 aromatic heterocycles. The Morgan fingerprint density at radius 3 is 2.05 bits per heavy atom. The monoisotopic (exact) mass is 392 g/mol. The molecule has 0 saturated carbocycles. The number of hydrogen-bond acceptors (Lipinski definition) is 2. The van der Waals surface area contributed by atoms with Crippen LogP contribution in [-0.4, -0.2) is 13.1 Å². The standard InChI is InChI=1S/C16H10Br2O2/c1-20-16(19)9-6-7-12-13(8-9)15(18)11-5-3-2-4-10(11)14(12)17/h2-8H,1H3. The van der Waals surface area contributed by atoms with Crippen LogP contribution in [0.4, 0.5) is 0 Å². The molecule has 4 heteroatoms. The highest BCUT2D eigenvalue weighted by Crippen LogP contribution is 2.39. The van der Waals surface area contributed by atoms with Crippen molar-refractivity contribution in [2.24, 2.45) is 0 Å². The van der Waals surface area contributed by atoms with E-state index in [2.05, 4.69) is 44.0 Å². The minimum Gasteiger partial charge on any atom is -0.465 e. The summed E-state index contributed by atoms with van der Waals surface area (Å²) in [5.74, 6) is -0.330. The number of carbonyl (C=O) groups is 1. The second-order valence-corrected chi connectivity index (χ2v) is 6.01. The van der Waals surface area contributed by atoms with Crippen molar-refractivity contribution in [2.75, 3.05) is 7.11 Å². The van der Waals surface area contributed by atoms with Gasteiger partial charge in [0.05, 0.1) is 12.7 Å². The van der Waals surface area contributed by atoms with Gasteiger partial charge in [-0.1, -0.05) is 30.3 Å². The van der Waals surface area contributed by atoms with Crippen molar-refractivity contribution < 1.29 is 9.53 Å². The van der Waals surface area contributed by atoms with E-state index in [4.69, 9.17) is 4.74 Å². The van der Waals surface area contributed by atoms with Gasteiger partial charge in [0.1, 0.15) is 0 Å². The summed E-state index contributed by atoms with van der Waals surface area (Å²) >= 11 is 7.31. The van der Waals surface area contributed by atoms with Crippen molar-refractivity contribution in [3.8, 4) is 0 Å². The Morgan fingerprint density at radius 2 is 1.45 bits per heavy atom. The molecule has 0 atom stereocenters. The quantitative estimate of drug-likeness (QED) is 0.414. The van der Waals surface area contributed by atoms with Gasteiger partial charge in [-0.25, -0.2) is 4.79 Å². The number of esters is 1. The van der Waals surface area contributed by atoms with E-state index in [0.29, 0.717) is 5.56 Å². The highest BCUT2D eigenvalue weighted by molar-refractivity contribution is 9.11. The zero-order valence-corrected chi connectivity index (χ0v) is 13.8. The first kappa shape index (κ1) is 13.6. The lowest BCUT2D eigenvalue weighted by atomic mass is 10.0. The number of hydrogen-bond donors (Lipinski definition) is 0. The zero-order valence-electron chi connectivity index (χ0n) is 10.6. The van der Waals surface area contributed by atoms with E-state index in [1.807, 2.05) is 24.3 Å².